The topological polar surface area (TPSA) is 22.1 Å². The molecule has 0 aromatic carbocycles. The lowest BCUT2D eigenvalue weighted by molar-refractivity contribution is -0.275. The summed E-state index contributed by atoms with van der Waals surface area (Å²) in [5.74, 6) is -2.55. The monoisotopic (exact) mass is 329 g/mol. The zero-order chi connectivity index (χ0) is 15.7. The van der Waals surface area contributed by atoms with Crippen LogP contribution in [-0.4, -0.2) is 11.3 Å². The van der Waals surface area contributed by atoms with Gasteiger partial charge in [0.05, 0.1) is 22.7 Å². The Bertz CT molecular complexity index is 484. The first-order valence-electron chi connectivity index (χ1n) is 4.66. The highest BCUT2D eigenvalue weighted by atomic mass is 35.5. The van der Waals surface area contributed by atoms with Gasteiger partial charge < -0.3 is 4.74 Å². The molecule has 11 heteroatoms. The second kappa shape index (κ2) is 5.58. The molecule has 0 saturated heterocycles. The predicted octanol–water partition coefficient (Wildman–Crippen LogP) is 4.68. The van der Waals surface area contributed by atoms with E-state index in [1.807, 2.05) is 0 Å². The third kappa shape index (κ3) is 3.84. The Morgan fingerprint density at radius 2 is 1.70 bits per heavy atom. The summed E-state index contributed by atoms with van der Waals surface area (Å²) in [4.78, 5) is 2.98. The highest BCUT2D eigenvalue weighted by molar-refractivity contribution is 6.17. The van der Waals surface area contributed by atoms with Crippen molar-refractivity contribution in [3.63, 3.8) is 0 Å². The summed E-state index contributed by atoms with van der Waals surface area (Å²) in [5, 5.41) is 0. The zero-order valence-corrected chi connectivity index (χ0v) is 9.87. The molecule has 1 aromatic heterocycles. The molecule has 0 amide bonds. The maximum absolute atomic E-state index is 12.7. The number of aromatic nitrogens is 1. The second-order valence-electron chi connectivity index (χ2n) is 3.34. The van der Waals surface area contributed by atoms with Crippen LogP contribution < -0.4 is 4.74 Å². The molecule has 1 heterocycles. The molecule has 0 aliphatic rings. The predicted molar refractivity (Wildman–Crippen MR) is 50.4 cm³/mol. The standard InChI is InChI=1S/C9H4ClF8NO/c10-1-4-6(20-9(16,17)18)5(7(11)12)3(2-19-4)8(13,14)15/h2,7H,1H2. The minimum atomic E-state index is -5.46. The largest absolute Gasteiger partial charge is 0.573 e. The average molecular weight is 330 g/mol. The summed E-state index contributed by atoms with van der Waals surface area (Å²) in [6, 6.07) is 0. The van der Waals surface area contributed by atoms with Crippen LogP contribution in [0.1, 0.15) is 23.2 Å². The number of pyridine rings is 1. The quantitative estimate of drug-likeness (QED) is 0.593. The third-order valence-electron chi connectivity index (χ3n) is 2.01. The fourth-order valence-electron chi connectivity index (χ4n) is 1.32. The van der Waals surface area contributed by atoms with E-state index < -0.39 is 47.4 Å². The highest BCUT2D eigenvalue weighted by Gasteiger charge is 2.42. The van der Waals surface area contributed by atoms with Crippen molar-refractivity contribution in [3.05, 3.63) is 23.0 Å². The number of rotatable bonds is 3. The van der Waals surface area contributed by atoms with Gasteiger partial charge in [-0.25, -0.2) is 8.78 Å². The van der Waals surface area contributed by atoms with Crippen LogP contribution in [0.25, 0.3) is 0 Å². The van der Waals surface area contributed by atoms with Gasteiger partial charge in [-0.3, -0.25) is 4.98 Å². The maximum atomic E-state index is 12.7. The Morgan fingerprint density at radius 1 is 1.15 bits per heavy atom. The molecular weight excluding hydrogens is 326 g/mol. The normalized spacial score (nSPS) is 12.9. The summed E-state index contributed by atoms with van der Waals surface area (Å²) in [5.41, 5.74) is -4.83. The third-order valence-corrected chi connectivity index (χ3v) is 2.27. The van der Waals surface area contributed by atoms with Crippen molar-refractivity contribution in [1.82, 2.24) is 4.98 Å². The number of ether oxygens (including phenoxy) is 1. The molecule has 0 aliphatic heterocycles. The molecule has 0 unspecified atom stereocenters. The van der Waals surface area contributed by atoms with Gasteiger partial charge in [-0.1, -0.05) is 0 Å². The molecule has 0 N–H and O–H groups in total. The van der Waals surface area contributed by atoms with Crippen LogP contribution in [-0.2, 0) is 12.1 Å². The Morgan fingerprint density at radius 3 is 2.05 bits per heavy atom. The van der Waals surface area contributed by atoms with Crippen LogP contribution in [0.3, 0.4) is 0 Å². The van der Waals surface area contributed by atoms with Gasteiger partial charge in [0.15, 0.2) is 5.75 Å². The van der Waals surface area contributed by atoms with E-state index in [0.717, 1.165) is 0 Å². The fraction of sp³-hybridized carbons (Fsp3) is 0.444. The van der Waals surface area contributed by atoms with Gasteiger partial charge in [-0.2, -0.15) is 13.2 Å². The first-order chi connectivity index (χ1) is 8.97. The molecule has 0 bridgehead atoms. The van der Waals surface area contributed by atoms with E-state index in [9.17, 15) is 35.1 Å². The minimum absolute atomic E-state index is 0.0115. The molecule has 0 radical (unpaired) electrons. The number of hydrogen-bond acceptors (Lipinski definition) is 2. The van der Waals surface area contributed by atoms with E-state index in [1.54, 1.807) is 0 Å². The molecule has 2 nitrogen and oxygen atoms in total. The fourth-order valence-corrected chi connectivity index (χ4v) is 1.51. The van der Waals surface area contributed by atoms with Crippen molar-refractivity contribution >= 4 is 11.6 Å². The van der Waals surface area contributed by atoms with Gasteiger partial charge in [0.25, 0.3) is 6.43 Å². The smallest absolute Gasteiger partial charge is 0.403 e. The van der Waals surface area contributed by atoms with E-state index in [4.69, 9.17) is 11.6 Å². The Balaban J connectivity index is 3.58. The van der Waals surface area contributed by atoms with Gasteiger partial charge in [0.1, 0.15) is 0 Å². The van der Waals surface area contributed by atoms with E-state index in [0.29, 0.717) is 0 Å². The van der Waals surface area contributed by atoms with Crippen LogP contribution in [0, 0.1) is 0 Å². The molecule has 0 aliphatic carbocycles. The summed E-state index contributed by atoms with van der Waals surface area (Å²) >= 11 is 5.17. The molecule has 0 spiro atoms. The van der Waals surface area contributed by atoms with Gasteiger partial charge in [-0.05, 0) is 0 Å². The molecular formula is C9H4ClF8NO. The zero-order valence-electron chi connectivity index (χ0n) is 9.12. The van der Waals surface area contributed by atoms with Crippen LogP contribution in [0.5, 0.6) is 5.75 Å². The van der Waals surface area contributed by atoms with Crippen molar-refractivity contribution in [2.45, 2.75) is 24.8 Å². The first kappa shape index (κ1) is 16.7. The lowest BCUT2D eigenvalue weighted by atomic mass is 10.1. The second-order valence-corrected chi connectivity index (χ2v) is 3.61. The summed E-state index contributed by atoms with van der Waals surface area (Å²) in [6.07, 6.45) is -14.6. The first-order valence-corrected chi connectivity index (χ1v) is 5.19. The van der Waals surface area contributed by atoms with Crippen LogP contribution in [0.2, 0.25) is 0 Å². The molecule has 0 fully saturated rings. The molecule has 0 saturated carbocycles. The number of hydrogen-bond donors (Lipinski definition) is 0. The van der Waals surface area contributed by atoms with Crippen molar-refractivity contribution in [1.29, 1.82) is 0 Å². The van der Waals surface area contributed by atoms with Crippen molar-refractivity contribution in [2.75, 3.05) is 0 Å². The Hall–Kier alpha value is -1.32. The summed E-state index contributed by atoms with van der Waals surface area (Å²) in [6.45, 7) is 0. The van der Waals surface area contributed by atoms with E-state index >= 15 is 0 Å². The van der Waals surface area contributed by atoms with Gasteiger partial charge >= 0.3 is 12.5 Å². The van der Waals surface area contributed by atoms with Crippen molar-refractivity contribution in [3.8, 4) is 5.75 Å². The Labute approximate surface area is 111 Å². The molecule has 0 atom stereocenters. The molecule has 114 valence electrons. The van der Waals surface area contributed by atoms with Gasteiger partial charge in [0.2, 0.25) is 0 Å². The highest BCUT2D eigenvalue weighted by Crippen LogP contribution is 2.43. The number of halogens is 9. The summed E-state index contributed by atoms with van der Waals surface area (Å²) < 4.78 is 102. The number of alkyl halides is 9. The lowest BCUT2D eigenvalue weighted by Crippen LogP contribution is -2.22. The SMILES string of the molecule is FC(F)c1c(C(F)(F)F)cnc(CCl)c1OC(F)(F)F. The van der Waals surface area contributed by atoms with Crippen LogP contribution >= 0.6 is 11.6 Å². The van der Waals surface area contributed by atoms with Crippen LogP contribution in [0.15, 0.2) is 6.20 Å². The maximum Gasteiger partial charge on any atom is 0.573 e. The Kier molecular flexibility index (Phi) is 4.67. The van der Waals surface area contributed by atoms with Crippen molar-refractivity contribution in [2.24, 2.45) is 0 Å². The lowest BCUT2D eigenvalue weighted by Gasteiger charge is -2.19. The van der Waals surface area contributed by atoms with Crippen LogP contribution in [0.4, 0.5) is 35.1 Å². The van der Waals surface area contributed by atoms with E-state index in [1.165, 1.54) is 0 Å². The minimum Gasteiger partial charge on any atom is -0.403 e. The van der Waals surface area contributed by atoms with Crippen molar-refractivity contribution < 1.29 is 39.9 Å². The summed E-state index contributed by atoms with van der Waals surface area (Å²) in [7, 11) is 0. The average Bonchev–Trinajstić information content (AvgIpc) is 2.24. The molecule has 1 aromatic rings. The molecule has 1 rings (SSSR count). The van der Waals surface area contributed by atoms with Gasteiger partial charge in [0, 0.05) is 6.20 Å². The molecule has 20 heavy (non-hydrogen) atoms. The van der Waals surface area contributed by atoms with E-state index in [2.05, 4.69) is 9.72 Å². The number of nitrogens with zero attached hydrogens (tertiary/aromatic N) is 1. The van der Waals surface area contributed by atoms with Gasteiger partial charge in [-0.15, -0.1) is 24.8 Å². The van der Waals surface area contributed by atoms with E-state index in [-0.39, 0.29) is 6.20 Å².